The van der Waals surface area contributed by atoms with E-state index >= 15 is 0 Å². The average Bonchev–Trinajstić information content (AvgIpc) is 3.14. The van der Waals surface area contributed by atoms with Crippen molar-refractivity contribution in [3.05, 3.63) is 107 Å². The zero-order valence-electron chi connectivity index (χ0n) is 29.3. The third-order valence-electron chi connectivity index (χ3n) is 8.60. The summed E-state index contributed by atoms with van der Waals surface area (Å²) in [6.07, 6.45) is 0. The number of azo groups is 2. The molecule has 8 N–H and O–H groups in total. The largest absolute Gasteiger partial charge is 0.505 e. The van der Waals surface area contributed by atoms with Gasteiger partial charge in [-0.15, -0.1) is 10.2 Å². The highest BCUT2D eigenvalue weighted by atomic mass is 32.2. The minimum Gasteiger partial charge on any atom is -0.505 e. The number of nitrogens with zero attached hydrogens (tertiary/aromatic N) is 4. The Bertz CT molecular complexity index is 2670. The summed E-state index contributed by atoms with van der Waals surface area (Å²) in [5.74, 6) is -1.24. The van der Waals surface area contributed by atoms with Gasteiger partial charge in [-0.3, -0.25) is 9.11 Å². The molecule has 6 aromatic rings. The van der Waals surface area contributed by atoms with Gasteiger partial charge in [-0.25, -0.2) is 4.79 Å². The number of nitrogens with one attached hydrogen (secondary N) is 2. The van der Waals surface area contributed by atoms with Crippen LogP contribution in [0.1, 0.15) is 22.3 Å². The third kappa shape index (κ3) is 8.32. The first-order valence-electron chi connectivity index (χ1n) is 16.3. The van der Waals surface area contributed by atoms with E-state index in [9.17, 15) is 51.2 Å². The molecule has 0 aliphatic carbocycles. The lowest BCUT2D eigenvalue weighted by molar-refractivity contribution is 0.262. The number of benzene rings is 6. The van der Waals surface area contributed by atoms with Gasteiger partial charge in [0.2, 0.25) is 0 Å². The Morgan fingerprint density at radius 3 is 1.32 bits per heavy atom. The molecule has 0 bridgehead atoms. The first kappa shape index (κ1) is 39.3. The van der Waals surface area contributed by atoms with Gasteiger partial charge in [0.25, 0.3) is 20.2 Å². The summed E-state index contributed by atoms with van der Waals surface area (Å²) in [5.41, 5.74) is 2.07. The second kappa shape index (κ2) is 15.4. The average molecular weight is 801 g/mol. The molecule has 19 heteroatoms. The molecule has 0 aliphatic heterocycles. The number of hydrogen-bond acceptors (Lipinski definition) is 13. The summed E-state index contributed by atoms with van der Waals surface area (Å²) in [6.45, 7) is 2.86. The standard InChI is InChI=1S/C37H32N6O11S2/c1-19-3-5-21(17-44)11-29(19)40-42-33-31(55(49,50)51)15-23-13-25(7-9-27(23)35(33)46)38-37(48)39-26-8-10-28-24(14-26)16-32(56(52,53)54)34(36(28)47)43-41-30-12-22(18-45)6-4-20(30)2/h3-16,44-47H,17-18H2,1-2H3,(H2,38,39,48)(H,49,50,51)(H,52,53,54). The molecule has 17 nitrogen and oxygen atoms in total. The summed E-state index contributed by atoms with van der Waals surface area (Å²) in [7, 11) is -9.90. The molecule has 0 aliphatic rings. The van der Waals surface area contributed by atoms with Gasteiger partial charge >= 0.3 is 6.03 Å². The molecule has 0 heterocycles. The van der Waals surface area contributed by atoms with Crippen LogP contribution in [0.15, 0.2) is 115 Å². The number of carbonyl (C=O) groups excluding carboxylic acids is 1. The van der Waals surface area contributed by atoms with Crippen molar-refractivity contribution in [2.45, 2.75) is 36.9 Å². The number of aromatic hydroxyl groups is 2. The van der Waals surface area contributed by atoms with Crippen molar-refractivity contribution < 1.29 is 51.2 Å². The van der Waals surface area contributed by atoms with E-state index in [0.29, 0.717) is 22.3 Å². The van der Waals surface area contributed by atoms with E-state index in [0.717, 1.165) is 12.1 Å². The second-order valence-corrected chi connectivity index (χ2v) is 15.3. The van der Waals surface area contributed by atoms with Crippen LogP contribution in [0.3, 0.4) is 0 Å². The highest BCUT2D eigenvalue weighted by Crippen LogP contribution is 2.44. The molecule has 0 radical (unpaired) electrons. The number of aryl methyl sites for hydroxylation is 2. The quantitative estimate of drug-likeness (QED) is 0.0485. The first-order valence-corrected chi connectivity index (χ1v) is 19.2. The van der Waals surface area contributed by atoms with Crippen LogP contribution in [-0.2, 0) is 33.5 Å². The van der Waals surface area contributed by atoms with E-state index in [1.54, 1.807) is 38.1 Å². The molecule has 288 valence electrons. The minimum absolute atomic E-state index is 0.0912. The number of urea groups is 1. The number of anilines is 2. The zero-order valence-corrected chi connectivity index (χ0v) is 31.0. The fourth-order valence-electron chi connectivity index (χ4n) is 5.67. The molecule has 0 saturated heterocycles. The fraction of sp³-hybridized carbons (Fsp3) is 0.108. The van der Waals surface area contributed by atoms with E-state index in [-0.39, 0.29) is 57.5 Å². The number of amides is 2. The lowest BCUT2D eigenvalue weighted by atomic mass is 10.1. The van der Waals surface area contributed by atoms with Crippen molar-refractivity contribution in [3.63, 3.8) is 0 Å². The minimum atomic E-state index is -4.95. The number of fused-ring (bicyclic) bond motifs is 2. The van der Waals surface area contributed by atoms with Crippen LogP contribution in [0.5, 0.6) is 11.5 Å². The normalized spacial score (nSPS) is 12.2. The molecule has 6 rings (SSSR count). The van der Waals surface area contributed by atoms with Crippen LogP contribution >= 0.6 is 0 Å². The monoisotopic (exact) mass is 800 g/mol. The van der Waals surface area contributed by atoms with E-state index < -0.39 is 58.9 Å². The summed E-state index contributed by atoms with van der Waals surface area (Å²) in [6, 6.07) is 19.2. The van der Waals surface area contributed by atoms with Crippen molar-refractivity contribution in [3.8, 4) is 11.5 Å². The number of phenolic OH excluding ortho intramolecular Hbond substituents is 2. The van der Waals surface area contributed by atoms with Gasteiger partial charge in [0.15, 0.2) is 11.5 Å². The number of phenols is 2. The topological polar surface area (TPSA) is 280 Å². The van der Waals surface area contributed by atoms with Crippen LogP contribution in [0.4, 0.5) is 38.9 Å². The number of aliphatic hydroxyl groups excluding tert-OH is 2. The number of hydrogen-bond donors (Lipinski definition) is 8. The lowest BCUT2D eigenvalue weighted by Gasteiger charge is -2.13. The SMILES string of the molecule is Cc1ccc(CO)cc1N=Nc1c(S(=O)(=O)O)cc2cc(NC(=O)Nc3ccc4c(O)c(N=Nc5cc(CO)ccc5C)c(S(=O)(=O)O)cc4c3)ccc2c1O. The Morgan fingerprint density at radius 1 is 0.571 bits per heavy atom. The molecule has 0 unspecified atom stereocenters. The van der Waals surface area contributed by atoms with Crippen molar-refractivity contribution in [2.75, 3.05) is 10.6 Å². The van der Waals surface area contributed by atoms with Crippen molar-refractivity contribution >= 4 is 81.9 Å². The van der Waals surface area contributed by atoms with Gasteiger partial charge in [0.1, 0.15) is 21.2 Å². The highest BCUT2D eigenvalue weighted by Gasteiger charge is 2.24. The van der Waals surface area contributed by atoms with Gasteiger partial charge in [-0.2, -0.15) is 27.1 Å². The van der Waals surface area contributed by atoms with Crippen LogP contribution in [-0.4, -0.2) is 52.4 Å². The number of rotatable bonds is 10. The molecule has 0 atom stereocenters. The molecule has 56 heavy (non-hydrogen) atoms. The van der Waals surface area contributed by atoms with Crippen LogP contribution in [0, 0.1) is 13.8 Å². The Labute approximate surface area is 318 Å². The maximum Gasteiger partial charge on any atom is 0.323 e. The zero-order chi connectivity index (χ0) is 40.5. The first-order chi connectivity index (χ1) is 26.5. The summed E-state index contributed by atoms with van der Waals surface area (Å²) >= 11 is 0. The van der Waals surface area contributed by atoms with Gasteiger partial charge < -0.3 is 31.1 Å². The predicted octanol–water partition coefficient (Wildman–Crippen LogP) is 7.97. The van der Waals surface area contributed by atoms with E-state index in [1.165, 1.54) is 48.5 Å². The lowest BCUT2D eigenvalue weighted by Crippen LogP contribution is -2.19. The summed E-state index contributed by atoms with van der Waals surface area (Å²) < 4.78 is 69.5. The summed E-state index contributed by atoms with van der Waals surface area (Å²) in [4.78, 5) is 11.5. The Balaban J connectivity index is 1.28. The Morgan fingerprint density at radius 2 is 0.964 bits per heavy atom. The molecular formula is C37H32N6O11S2. The molecular weight excluding hydrogens is 769 g/mol. The molecule has 6 aromatic carbocycles. The van der Waals surface area contributed by atoms with Crippen LogP contribution < -0.4 is 10.6 Å². The van der Waals surface area contributed by atoms with E-state index in [2.05, 4.69) is 31.1 Å². The van der Waals surface area contributed by atoms with Crippen molar-refractivity contribution in [1.82, 2.24) is 0 Å². The second-order valence-electron chi connectivity index (χ2n) is 12.5. The van der Waals surface area contributed by atoms with Gasteiger partial charge in [0, 0.05) is 22.1 Å². The summed E-state index contributed by atoms with van der Waals surface area (Å²) in [5, 5.41) is 62.4. The van der Waals surface area contributed by atoms with Crippen LogP contribution in [0.2, 0.25) is 0 Å². The van der Waals surface area contributed by atoms with Gasteiger partial charge in [-0.1, -0.05) is 24.3 Å². The smallest absolute Gasteiger partial charge is 0.323 e. The predicted molar refractivity (Wildman–Crippen MR) is 206 cm³/mol. The van der Waals surface area contributed by atoms with Gasteiger partial charge in [-0.05, 0) is 108 Å². The fourth-order valence-corrected chi connectivity index (χ4v) is 6.98. The van der Waals surface area contributed by atoms with Crippen LogP contribution in [0.25, 0.3) is 21.5 Å². The molecule has 0 fully saturated rings. The highest BCUT2D eigenvalue weighted by molar-refractivity contribution is 7.86. The van der Waals surface area contributed by atoms with Crippen molar-refractivity contribution in [2.24, 2.45) is 20.5 Å². The molecule has 0 spiro atoms. The van der Waals surface area contributed by atoms with E-state index in [1.807, 2.05) is 0 Å². The molecule has 0 aromatic heterocycles. The maximum absolute atomic E-state index is 13.1. The Kier molecular flexibility index (Phi) is 10.8. The molecule has 0 saturated carbocycles. The molecule has 2 amide bonds. The maximum atomic E-state index is 13.1. The Hall–Kier alpha value is -6.35. The van der Waals surface area contributed by atoms with E-state index in [4.69, 9.17) is 0 Å². The number of carbonyl (C=O) groups is 1. The van der Waals surface area contributed by atoms with Gasteiger partial charge in [0.05, 0.1) is 24.6 Å². The third-order valence-corrected chi connectivity index (χ3v) is 10.3. The number of aliphatic hydroxyl groups is 2. The van der Waals surface area contributed by atoms with Crippen molar-refractivity contribution in [1.29, 1.82) is 0 Å².